The van der Waals surface area contributed by atoms with Crippen LogP contribution in [0.4, 0.5) is 0 Å². The van der Waals surface area contributed by atoms with E-state index in [2.05, 4.69) is 10.6 Å². The zero-order valence-electron chi connectivity index (χ0n) is 15.5. The van der Waals surface area contributed by atoms with Crippen LogP contribution < -0.4 is 10.6 Å². The molecule has 0 radical (unpaired) electrons. The van der Waals surface area contributed by atoms with E-state index in [0.717, 1.165) is 12.0 Å². The molecular weight excluding hydrogens is 344 g/mol. The van der Waals surface area contributed by atoms with Gasteiger partial charge in [0.15, 0.2) is 0 Å². The van der Waals surface area contributed by atoms with Gasteiger partial charge in [0, 0.05) is 18.2 Å². The number of rotatable bonds is 8. The fraction of sp³-hybridized carbons (Fsp3) is 0.286. The summed E-state index contributed by atoms with van der Waals surface area (Å²) in [6, 6.07) is 13.5. The van der Waals surface area contributed by atoms with Gasteiger partial charge in [-0.2, -0.15) is 0 Å². The van der Waals surface area contributed by atoms with Crippen LogP contribution in [0, 0.1) is 0 Å². The molecule has 0 fully saturated rings. The molecule has 1 unspecified atom stereocenters. The van der Waals surface area contributed by atoms with Crippen molar-refractivity contribution < 1.29 is 19.5 Å². The second kappa shape index (κ2) is 9.52. The van der Waals surface area contributed by atoms with Crippen LogP contribution in [-0.2, 0) is 17.8 Å². The van der Waals surface area contributed by atoms with Crippen molar-refractivity contribution in [2.45, 2.75) is 39.3 Å². The van der Waals surface area contributed by atoms with Crippen LogP contribution in [-0.4, -0.2) is 28.9 Å². The van der Waals surface area contributed by atoms with Gasteiger partial charge < -0.3 is 15.7 Å². The van der Waals surface area contributed by atoms with Crippen LogP contribution >= 0.6 is 0 Å². The lowest BCUT2D eigenvalue weighted by Gasteiger charge is -2.12. The lowest BCUT2D eigenvalue weighted by Crippen LogP contribution is -2.32. The van der Waals surface area contributed by atoms with E-state index in [4.69, 9.17) is 5.11 Å². The quantitative estimate of drug-likeness (QED) is 0.668. The molecule has 0 aromatic heterocycles. The van der Waals surface area contributed by atoms with Crippen molar-refractivity contribution in [1.29, 1.82) is 0 Å². The van der Waals surface area contributed by atoms with Gasteiger partial charge in [0.2, 0.25) is 5.91 Å². The number of carboxylic acid groups (broad SMARTS) is 1. The molecule has 2 aromatic carbocycles. The van der Waals surface area contributed by atoms with Gasteiger partial charge in [-0.3, -0.25) is 9.59 Å². The Hall–Kier alpha value is -3.15. The molecule has 2 rings (SSSR count). The summed E-state index contributed by atoms with van der Waals surface area (Å²) in [5.74, 6) is -1.38. The number of benzene rings is 2. The Bertz CT molecular complexity index is 832. The van der Waals surface area contributed by atoms with Gasteiger partial charge in [0.05, 0.1) is 12.0 Å². The number of hydrogen-bond donors (Lipinski definition) is 3. The molecule has 0 aliphatic rings. The summed E-state index contributed by atoms with van der Waals surface area (Å²) in [7, 11) is 0. The number of hydrogen-bond acceptors (Lipinski definition) is 3. The average molecular weight is 368 g/mol. The minimum atomic E-state index is -1.02. The first-order valence-corrected chi connectivity index (χ1v) is 8.87. The van der Waals surface area contributed by atoms with Crippen LogP contribution in [0.2, 0.25) is 0 Å². The van der Waals surface area contributed by atoms with Crippen molar-refractivity contribution in [2.24, 2.45) is 0 Å². The Morgan fingerprint density at radius 2 is 1.63 bits per heavy atom. The first-order valence-electron chi connectivity index (χ1n) is 8.87. The van der Waals surface area contributed by atoms with Crippen molar-refractivity contribution in [2.75, 3.05) is 0 Å². The van der Waals surface area contributed by atoms with E-state index in [1.165, 1.54) is 12.1 Å². The second-order valence-electron chi connectivity index (χ2n) is 6.44. The highest BCUT2D eigenvalue weighted by atomic mass is 16.4. The maximum atomic E-state index is 12.2. The normalized spacial score (nSPS) is 11.5. The molecule has 0 saturated heterocycles. The molecule has 0 bridgehead atoms. The number of nitrogens with one attached hydrogen (secondary N) is 2. The molecule has 2 amide bonds. The molecule has 0 aliphatic carbocycles. The second-order valence-corrected chi connectivity index (χ2v) is 6.44. The van der Waals surface area contributed by atoms with Crippen LogP contribution in [0.1, 0.15) is 52.1 Å². The van der Waals surface area contributed by atoms with Crippen LogP contribution in [0.5, 0.6) is 0 Å². The molecule has 6 nitrogen and oxygen atoms in total. The van der Waals surface area contributed by atoms with E-state index >= 15 is 0 Å². The third kappa shape index (κ3) is 6.26. The molecule has 0 aliphatic heterocycles. The number of amides is 2. The Morgan fingerprint density at radius 1 is 1.00 bits per heavy atom. The van der Waals surface area contributed by atoms with E-state index < -0.39 is 5.97 Å². The average Bonchev–Trinajstić information content (AvgIpc) is 2.66. The SMILES string of the molecule is CCC(C)NC(=O)c1cccc(CNC(=O)Cc2cccc(C(=O)O)c2)c1. The van der Waals surface area contributed by atoms with Crippen LogP contribution in [0.3, 0.4) is 0 Å². The van der Waals surface area contributed by atoms with Crippen molar-refractivity contribution in [3.63, 3.8) is 0 Å². The van der Waals surface area contributed by atoms with Gasteiger partial charge in [0.1, 0.15) is 0 Å². The van der Waals surface area contributed by atoms with Crippen LogP contribution in [0.15, 0.2) is 48.5 Å². The molecule has 142 valence electrons. The number of carbonyl (C=O) groups is 3. The van der Waals surface area contributed by atoms with E-state index in [-0.39, 0.29) is 29.8 Å². The lowest BCUT2D eigenvalue weighted by molar-refractivity contribution is -0.120. The van der Waals surface area contributed by atoms with Crippen LogP contribution in [0.25, 0.3) is 0 Å². The van der Waals surface area contributed by atoms with Gasteiger partial charge in [-0.05, 0) is 48.7 Å². The summed E-state index contributed by atoms with van der Waals surface area (Å²) in [6.45, 7) is 4.24. The first kappa shape index (κ1) is 20.2. The molecular formula is C21H24N2O4. The molecule has 2 aromatic rings. The molecule has 0 heterocycles. The van der Waals surface area contributed by atoms with Gasteiger partial charge in [-0.25, -0.2) is 4.79 Å². The minimum Gasteiger partial charge on any atom is -0.478 e. The topological polar surface area (TPSA) is 95.5 Å². The maximum absolute atomic E-state index is 12.2. The fourth-order valence-corrected chi connectivity index (χ4v) is 2.49. The highest BCUT2D eigenvalue weighted by Crippen LogP contribution is 2.08. The molecule has 6 heteroatoms. The van der Waals surface area contributed by atoms with Crippen molar-refractivity contribution in [3.8, 4) is 0 Å². The summed E-state index contributed by atoms with van der Waals surface area (Å²) < 4.78 is 0. The van der Waals surface area contributed by atoms with E-state index in [1.807, 2.05) is 19.9 Å². The summed E-state index contributed by atoms with van der Waals surface area (Å²) >= 11 is 0. The van der Waals surface area contributed by atoms with Gasteiger partial charge in [-0.1, -0.05) is 31.2 Å². The number of carbonyl (C=O) groups excluding carboxylic acids is 2. The lowest BCUT2D eigenvalue weighted by atomic mass is 10.1. The molecule has 1 atom stereocenters. The highest BCUT2D eigenvalue weighted by Gasteiger charge is 2.10. The Balaban J connectivity index is 1.93. The van der Waals surface area contributed by atoms with E-state index in [9.17, 15) is 14.4 Å². The molecule has 27 heavy (non-hydrogen) atoms. The van der Waals surface area contributed by atoms with Gasteiger partial charge >= 0.3 is 5.97 Å². The minimum absolute atomic E-state index is 0.0926. The Labute approximate surface area is 158 Å². The fourth-order valence-electron chi connectivity index (χ4n) is 2.49. The largest absolute Gasteiger partial charge is 0.478 e. The standard InChI is InChI=1S/C21H24N2O4/c1-3-14(2)23-20(25)17-8-5-7-16(11-17)13-22-19(24)12-15-6-4-9-18(10-15)21(26)27/h4-11,14H,3,12-13H2,1-2H3,(H,22,24)(H,23,25)(H,26,27). The third-order valence-electron chi connectivity index (χ3n) is 4.21. The predicted octanol–water partition coefficient (Wildman–Crippen LogP) is 2.77. The smallest absolute Gasteiger partial charge is 0.335 e. The summed E-state index contributed by atoms with van der Waals surface area (Å²) in [6.07, 6.45) is 0.944. The molecule has 3 N–H and O–H groups in total. The van der Waals surface area contributed by atoms with E-state index in [0.29, 0.717) is 17.7 Å². The van der Waals surface area contributed by atoms with Crippen molar-refractivity contribution in [1.82, 2.24) is 10.6 Å². The number of aromatic carboxylic acids is 1. The third-order valence-corrected chi connectivity index (χ3v) is 4.21. The van der Waals surface area contributed by atoms with Crippen molar-refractivity contribution in [3.05, 3.63) is 70.8 Å². The summed E-state index contributed by atoms with van der Waals surface area (Å²) in [5.41, 5.74) is 2.16. The van der Waals surface area contributed by atoms with E-state index in [1.54, 1.807) is 30.3 Å². The Morgan fingerprint density at radius 3 is 2.30 bits per heavy atom. The summed E-state index contributed by atoms with van der Waals surface area (Å²) in [4.78, 5) is 35.3. The zero-order valence-corrected chi connectivity index (χ0v) is 15.5. The first-order chi connectivity index (χ1) is 12.9. The monoisotopic (exact) mass is 368 g/mol. The highest BCUT2D eigenvalue weighted by molar-refractivity contribution is 5.94. The van der Waals surface area contributed by atoms with Crippen molar-refractivity contribution >= 4 is 17.8 Å². The summed E-state index contributed by atoms with van der Waals surface area (Å²) in [5, 5.41) is 14.7. The zero-order chi connectivity index (χ0) is 19.8. The maximum Gasteiger partial charge on any atom is 0.335 e. The molecule has 0 saturated carbocycles. The molecule has 0 spiro atoms. The van der Waals surface area contributed by atoms with Gasteiger partial charge in [-0.15, -0.1) is 0 Å². The van der Waals surface area contributed by atoms with Gasteiger partial charge in [0.25, 0.3) is 5.91 Å². The number of carboxylic acids is 1. The predicted molar refractivity (Wildman–Crippen MR) is 103 cm³/mol. The Kier molecular flexibility index (Phi) is 7.11.